The van der Waals surface area contributed by atoms with E-state index in [0.717, 1.165) is 0 Å². The number of nitrogens with zero attached hydrogens (tertiary/aromatic N) is 1. The summed E-state index contributed by atoms with van der Waals surface area (Å²) in [5.41, 5.74) is 3.44. The third-order valence-electron chi connectivity index (χ3n) is 1.29. The van der Waals surface area contributed by atoms with Gasteiger partial charge in [0, 0.05) is 12.1 Å². The fraction of sp³-hybridized carbons (Fsp3) is 0.143. The van der Waals surface area contributed by atoms with Gasteiger partial charge in [0.2, 0.25) is 0 Å². The number of halogens is 3. The van der Waals surface area contributed by atoms with E-state index in [4.69, 9.17) is 5.73 Å². The number of nitrogens with two attached hydrogens (primary N) is 1. The van der Waals surface area contributed by atoms with Crippen molar-refractivity contribution in [1.82, 2.24) is 4.98 Å². The molecule has 0 aliphatic carbocycles. The van der Waals surface area contributed by atoms with Gasteiger partial charge < -0.3 is 5.73 Å². The van der Waals surface area contributed by atoms with Gasteiger partial charge >= 0.3 is 0 Å². The van der Waals surface area contributed by atoms with Crippen molar-refractivity contribution in [1.29, 1.82) is 0 Å². The number of primary amides is 1. The first-order chi connectivity index (χ1) is 6.00. The molecule has 3 nitrogen and oxygen atoms in total. The first-order valence-corrected chi connectivity index (χ1v) is 3.26. The molecule has 1 aromatic heterocycles. The molecule has 1 aromatic rings. The van der Waals surface area contributed by atoms with Crippen LogP contribution in [0.15, 0.2) is 12.1 Å². The maximum atomic E-state index is 12.6. The lowest BCUT2D eigenvalue weighted by molar-refractivity contribution is 0.0992. The minimum absolute atomic E-state index is 0.504. The summed E-state index contributed by atoms with van der Waals surface area (Å²) in [6.45, 7) is 0. The number of hydrogen-bond acceptors (Lipinski definition) is 2. The van der Waals surface area contributed by atoms with E-state index in [1.54, 1.807) is 0 Å². The fourth-order valence-electron chi connectivity index (χ4n) is 0.755. The molecule has 1 heterocycles. The lowest BCUT2D eigenvalue weighted by Crippen LogP contribution is -2.14. The van der Waals surface area contributed by atoms with E-state index in [2.05, 4.69) is 4.98 Å². The highest BCUT2D eigenvalue weighted by atomic mass is 19.3. The number of amides is 1. The molecule has 1 rings (SSSR count). The number of hydrogen-bond donors (Lipinski definition) is 1. The van der Waals surface area contributed by atoms with Crippen LogP contribution in [0, 0.1) is 5.82 Å². The highest BCUT2D eigenvalue weighted by Gasteiger charge is 2.13. The average Bonchev–Trinajstić information content (AvgIpc) is 2.03. The molecule has 0 bridgehead atoms. The minimum atomic E-state index is -2.92. The van der Waals surface area contributed by atoms with Crippen LogP contribution in [0.1, 0.15) is 22.6 Å². The summed E-state index contributed by atoms with van der Waals surface area (Å²) in [5.74, 6) is -2.00. The number of alkyl halides is 2. The van der Waals surface area contributed by atoms with Crippen LogP contribution in [0.2, 0.25) is 0 Å². The molecule has 0 saturated heterocycles. The predicted molar refractivity (Wildman–Crippen MR) is 37.7 cm³/mol. The molecule has 0 aromatic carbocycles. The van der Waals surface area contributed by atoms with E-state index in [0.29, 0.717) is 12.1 Å². The van der Waals surface area contributed by atoms with Crippen LogP contribution < -0.4 is 5.73 Å². The topological polar surface area (TPSA) is 56.0 Å². The normalized spacial score (nSPS) is 10.5. The van der Waals surface area contributed by atoms with Gasteiger partial charge in [-0.05, 0) is 0 Å². The van der Waals surface area contributed by atoms with Gasteiger partial charge in [-0.3, -0.25) is 4.79 Å². The fourth-order valence-corrected chi connectivity index (χ4v) is 0.755. The molecule has 0 unspecified atom stereocenters. The molecular weight excluding hydrogens is 185 g/mol. The second kappa shape index (κ2) is 3.42. The summed E-state index contributed by atoms with van der Waals surface area (Å²) < 4.78 is 36.6. The lowest BCUT2D eigenvalue weighted by atomic mass is 10.3. The van der Waals surface area contributed by atoms with Crippen molar-refractivity contribution in [3.63, 3.8) is 0 Å². The van der Waals surface area contributed by atoms with Crippen molar-refractivity contribution in [2.45, 2.75) is 6.43 Å². The summed E-state index contributed by atoms with van der Waals surface area (Å²) in [6.07, 6.45) is -2.92. The Morgan fingerprint density at radius 3 is 2.54 bits per heavy atom. The molecule has 13 heavy (non-hydrogen) atoms. The Morgan fingerprint density at radius 1 is 1.46 bits per heavy atom. The standard InChI is InChI=1S/C7H5F3N2O/c8-3-1-4(6(9)10)12-5(2-3)7(11)13/h1-2,6H,(H2,11,13). The minimum Gasteiger partial charge on any atom is -0.364 e. The van der Waals surface area contributed by atoms with E-state index in [9.17, 15) is 18.0 Å². The number of rotatable bonds is 2. The van der Waals surface area contributed by atoms with Gasteiger partial charge in [-0.15, -0.1) is 0 Å². The van der Waals surface area contributed by atoms with Crippen LogP contribution >= 0.6 is 0 Å². The largest absolute Gasteiger partial charge is 0.364 e. The first-order valence-electron chi connectivity index (χ1n) is 3.26. The number of carbonyl (C=O) groups excluding carboxylic acids is 1. The third kappa shape index (κ3) is 2.17. The molecule has 0 saturated carbocycles. The van der Waals surface area contributed by atoms with Crippen molar-refractivity contribution in [3.05, 3.63) is 29.3 Å². The third-order valence-corrected chi connectivity index (χ3v) is 1.29. The van der Waals surface area contributed by atoms with Crippen molar-refractivity contribution in [2.24, 2.45) is 5.73 Å². The molecule has 0 aliphatic rings. The highest BCUT2D eigenvalue weighted by molar-refractivity contribution is 5.90. The molecule has 0 aliphatic heterocycles. The Kier molecular flexibility index (Phi) is 2.50. The van der Waals surface area contributed by atoms with Crippen LogP contribution in [-0.2, 0) is 0 Å². The van der Waals surface area contributed by atoms with Crippen LogP contribution in [0.4, 0.5) is 13.2 Å². The maximum Gasteiger partial charge on any atom is 0.280 e. The number of pyridine rings is 1. The van der Waals surface area contributed by atoms with E-state index in [-0.39, 0.29) is 0 Å². The summed E-state index contributed by atoms with van der Waals surface area (Å²) in [7, 11) is 0. The summed E-state index contributed by atoms with van der Waals surface area (Å²) in [6, 6.07) is 1.26. The van der Waals surface area contributed by atoms with E-state index in [1.807, 2.05) is 0 Å². The van der Waals surface area contributed by atoms with Gasteiger partial charge in [-0.1, -0.05) is 0 Å². The van der Waals surface area contributed by atoms with Gasteiger partial charge in [-0.25, -0.2) is 18.2 Å². The molecule has 0 atom stereocenters. The smallest absolute Gasteiger partial charge is 0.280 e. The Hall–Kier alpha value is -1.59. The van der Waals surface area contributed by atoms with Crippen LogP contribution in [0.25, 0.3) is 0 Å². The molecule has 0 spiro atoms. The predicted octanol–water partition coefficient (Wildman–Crippen LogP) is 1.26. The molecule has 0 radical (unpaired) electrons. The zero-order valence-corrected chi connectivity index (χ0v) is 6.30. The van der Waals surface area contributed by atoms with Gasteiger partial charge in [0.15, 0.2) is 0 Å². The molecule has 6 heteroatoms. The van der Waals surface area contributed by atoms with Crippen molar-refractivity contribution in [2.75, 3.05) is 0 Å². The SMILES string of the molecule is NC(=O)c1cc(F)cc(C(F)F)n1. The second-order valence-electron chi connectivity index (χ2n) is 2.26. The van der Waals surface area contributed by atoms with Crippen LogP contribution in [0.3, 0.4) is 0 Å². The van der Waals surface area contributed by atoms with Gasteiger partial charge in [0.05, 0.1) is 0 Å². The van der Waals surface area contributed by atoms with Gasteiger partial charge in [-0.2, -0.15) is 0 Å². The summed E-state index contributed by atoms with van der Waals surface area (Å²) in [4.78, 5) is 13.6. The van der Waals surface area contributed by atoms with E-state index >= 15 is 0 Å². The Bertz CT molecular complexity index is 341. The van der Waals surface area contributed by atoms with Crippen molar-refractivity contribution in [3.8, 4) is 0 Å². The second-order valence-corrected chi connectivity index (χ2v) is 2.26. The summed E-state index contributed by atoms with van der Waals surface area (Å²) >= 11 is 0. The number of carbonyl (C=O) groups is 1. The van der Waals surface area contributed by atoms with E-state index < -0.39 is 29.5 Å². The number of aromatic nitrogens is 1. The maximum absolute atomic E-state index is 12.6. The van der Waals surface area contributed by atoms with Crippen molar-refractivity contribution < 1.29 is 18.0 Å². The molecule has 0 fully saturated rings. The molecule has 2 N–H and O–H groups in total. The van der Waals surface area contributed by atoms with Gasteiger partial charge in [0.1, 0.15) is 17.2 Å². The zero-order chi connectivity index (χ0) is 10.0. The average molecular weight is 190 g/mol. The zero-order valence-electron chi connectivity index (χ0n) is 6.30. The first kappa shape index (κ1) is 9.50. The van der Waals surface area contributed by atoms with Crippen molar-refractivity contribution >= 4 is 5.91 Å². The Morgan fingerprint density at radius 2 is 2.08 bits per heavy atom. The van der Waals surface area contributed by atoms with Gasteiger partial charge in [0.25, 0.3) is 12.3 Å². The highest BCUT2D eigenvalue weighted by Crippen LogP contribution is 2.17. The quantitative estimate of drug-likeness (QED) is 0.763. The molecule has 1 amide bonds. The Balaban J connectivity index is 3.19. The summed E-state index contributed by atoms with van der Waals surface area (Å²) in [5, 5.41) is 0. The Labute approximate surface area is 71.4 Å². The molecular formula is C7H5F3N2O. The lowest BCUT2D eigenvalue weighted by Gasteiger charge is -2.00. The van der Waals surface area contributed by atoms with E-state index in [1.165, 1.54) is 0 Å². The van der Waals surface area contributed by atoms with Crippen LogP contribution in [0.5, 0.6) is 0 Å². The van der Waals surface area contributed by atoms with Crippen LogP contribution in [-0.4, -0.2) is 10.9 Å². The molecule has 70 valence electrons. The monoisotopic (exact) mass is 190 g/mol.